The van der Waals surface area contributed by atoms with Gasteiger partial charge in [-0.1, -0.05) is 37.3 Å². The van der Waals surface area contributed by atoms with E-state index in [2.05, 4.69) is 47.5 Å². The zero-order valence-electron chi connectivity index (χ0n) is 12.7. The Hall–Kier alpha value is -0.900. The molecule has 1 aliphatic heterocycles. The minimum Gasteiger partial charge on any atom is -0.380 e. The fourth-order valence-corrected chi connectivity index (χ4v) is 2.75. The summed E-state index contributed by atoms with van der Waals surface area (Å²) >= 11 is 0. The molecule has 112 valence electrons. The molecule has 1 aliphatic rings. The van der Waals surface area contributed by atoms with Gasteiger partial charge in [-0.2, -0.15) is 0 Å². The predicted octanol–water partition coefficient (Wildman–Crippen LogP) is 2.32. The molecule has 0 saturated carbocycles. The zero-order valence-corrected chi connectivity index (χ0v) is 12.7. The predicted molar refractivity (Wildman–Crippen MR) is 84.1 cm³/mol. The van der Waals surface area contributed by atoms with Gasteiger partial charge in [0.05, 0.1) is 6.61 Å². The summed E-state index contributed by atoms with van der Waals surface area (Å²) in [6.45, 7) is 8.42. The van der Waals surface area contributed by atoms with Crippen LogP contribution >= 0.6 is 0 Å². The van der Waals surface area contributed by atoms with Gasteiger partial charge < -0.3 is 10.1 Å². The van der Waals surface area contributed by atoms with Crippen molar-refractivity contribution in [2.75, 3.05) is 39.4 Å². The third kappa shape index (κ3) is 5.61. The Morgan fingerprint density at radius 3 is 2.90 bits per heavy atom. The van der Waals surface area contributed by atoms with Crippen LogP contribution in [-0.2, 0) is 11.2 Å². The minimum atomic E-state index is 0.561. The molecule has 3 nitrogen and oxygen atoms in total. The van der Waals surface area contributed by atoms with Gasteiger partial charge in [0.15, 0.2) is 0 Å². The third-order valence-corrected chi connectivity index (χ3v) is 3.79. The molecule has 2 rings (SSSR count). The van der Waals surface area contributed by atoms with Crippen LogP contribution in [-0.4, -0.2) is 50.3 Å². The van der Waals surface area contributed by atoms with Crippen molar-refractivity contribution >= 4 is 0 Å². The van der Waals surface area contributed by atoms with E-state index in [0.29, 0.717) is 6.04 Å². The number of benzene rings is 1. The van der Waals surface area contributed by atoms with E-state index in [4.69, 9.17) is 4.74 Å². The maximum absolute atomic E-state index is 5.62. The molecule has 1 unspecified atom stereocenters. The first kappa shape index (κ1) is 15.5. The van der Waals surface area contributed by atoms with E-state index >= 15 is 0 Å². The summed E-state index contributed by atoms with van der Waals surface area (Å²) in [6, 6.07) is 11.3. The average Bonchev–Trinajstić information content (AvgIpc) is 2.70. The first-order valence-electron chi connectivity index (χ1n) is 7.96. The second kappa shape index (κ2) is 9.11. The molecule has 1 N–H and O–H groups in total. The van der Waals surface area contributed by atoms with Crippen molar-refractivity contribution in [2.24, 2.45) is 0 Å². The molecule has 1 fully saturated rings. The Morgan fingerprint density at radius 1 is 1.25 bits per heavy atom. The highest BCUT2D eigenvalue weighted by atomic mass is 16.5. The van der Waals surface area contributed by atoms with Crippen LogP contribution in [0.5, 0.6) is 0 Å². The Bertz CT molecular complexity index is 355. The lowest BCUT2D eigenvalue weighted by Crippen LogP contribution is -2.40. The van der Waals surface area contributed by atoms with Crippen LogP contribution in [0.3, 0.4) is 0 Å². The van der Waals surface area contributed by atoms with Crippen molar-refractivity contribution < 1.29 is 4.74 Å². The van der Waals surface area contributed by atoms with Crippen LogP contribution in [0, 0.1) is 0 Å². The van der Waals surface area contributed by atoms with E-state index in [1.165, 1.54) is 18.5 Å². The molecule has 0 aromatic heterocycles. The Morgan fingerprint density at radius 2 is 2.10 bits per heavy atom. The maximum Gasteiger partial charge on any atom is 0.0593 e. The molecule has 0 bridgehead atoms. The van der Waals surface area contributed by atoms with Gasteiger partial charge in [-0.25, -0.2) is 0 Å². The molecule has 1 saturated heterocycles. The number of hydrogen-bond donors (Lipinski definition) is 1. The smallest absolute Gasteiger partial charge is 0.0593 e. The van der Waals surface area contributed by atoms with E-state index in [-0.39, 0.29) is 0 Å². The fraction of sp³-hybridized carbons (Fsp3) is 0.647. The first-order chi connectivity index (χ1) is 9.88. The zero-order chi connectivity index (χ0) is 14.0. The molecule has 1 aromatic rings. The molecule has 3 heteroatoms. The Kier molecular flexibility index (Phi) is 7.06. The number of nitrogens with zero attached hydrogens (tertiary/aromatic N) is 1. The lowest BCUT2D eigenvalue weighted by Gasteiger charge is -2.24. The number of rotatable bonds is 7. The molecule has 20 heavy (non-hydrogen) atoms. The third-order valence-electron chi connectivity index (χ3n) is 3.79. The van der Waals surface area contributed by atoms with Crippen molar-refractivity contribution in [3.63, 3.8) is 0 Å². The standard InChI is InChI=1S/C17H28N2O/c1-2-12-20-13-11-19-10-6-9-18-17(15-19)14-16-7-4-3-5-8-16/h3-5,7-8,17-18H,2,6,9-15H2,1H3. The average molecular weight is 276 g/mol. The van der Waals surface area contributed by atoms with E-state index in [0.717, 1.165) is 45.7 Å². The van der Waals surface area contributed by atoms with Gasteiger partial charge in [0, 0.05) is 25.7 Å². The van der Waals surface area contributed by atoms with Crippen molar-refractivity contribution in [3.8, 4) is 0 Å². The lowest BCUT2D eigenvalue weighted by atomic mass is 10.1. The number of hydrogen-bond acceptors (Lipinski definition) is 3. The maximum atomic E-state index is 5.62. The van der Waals surface area contributed by atoms with Gasteiger partial charge in [0.2, 0.25) is 0 Å². The summed E-state index contributed by atoms with van der Waals surface area (Å²) in [5, 5.41) is 3.68. The summed E-state index contributed by atoms with van der Waals surface area (Å²) in [4.78, 5) is 2.54. The van der Waals surface area contributed by atoms with Gasteiger partial charge in [0.25, 0.3) is 0 Å². The highest BCUT2D eigenvalue weighted by Crippen LogP contribution is 2.08. The molecule has 0 radical (unpaired) electrons. The molecule has 0 amide bonds. The molecule has 1 atom stereocenters. The largest absolute Gasteiger partial charge is 0.380 e. The summed E-state index contributed by atoms with van der Waals surface area (Å²) < 4.78 is 5.62. The Labute approximate surface area is 123 Å². The summed E-state index contributed by atoms with van der Waals surface area (Å²) in [5.41, 5.74) is 1.43. The normalized spacial score (nSPS) is 20.8. The number of ether oxygens (including phenoxy) is 1. The molecular weight excluding hydrogens is 248 g/mol. The number of nitrogens with one attached hydrogen (secondary N) is 1. The van der Waals surface area contributed by atoms with Crippen molar-refractivity contribution in [1.29, 1.82) is 0 Å². The van der Waals surface area contributed by atoms with Crippen LogP contribution in [0.25, 0.3) is 0 Å². The lowest BCUT2D eigenvalue weighted by molar-refractivity contribution is 0.103. The molecule has 0 aliphatic carbocycles. The second-order valence-corrected chi connectivity index (χ2v) is 5.61. The molecule has 0 spiro atoms. The monoisotopic (exact) mass is 276 g/mol. The summed E-state index contributed by atoms with van der Waals surface area (Å²) in [7, 11) is 0. The van der Waals surface area contributed by atoms with E-state index in [1.54, 1.807) is 0 Å². The van der Waals surface area contributed by atoms with Gasteiger partial charge in [0.1, 0.15) is 0 Å². The van der Waals surface area contributed by atoms with Crippen LogP contribution in [0.1, 0.15) is 25.3 Å². The minimum absolute atomic E-state index is 0.561. The molecule has 1 heterocycles. The SMILES string of the molecule is CCCOCCN1CCCNC(Cc2ccccc2)C1. The summed E-state index contributed by atoms with van der Waals surface area (Å²) in [5.74, 6) is 0. The molecular formula is C17H28N2O. The fourth-order valence-electron chi connectivity index (χ4n) is 2.75. The van der Waals surface area contributed by atoms with Crippen molar-refractivity contribution in [1.82, 2.24) is 10.2 Å². The van der Waals surface area contributed by atoms with E-state index < -0.39 is 0 Å². The first-order valence-corrected chi connectivity index (χ1v) is 7.96. The highest BCUT2D eigenvalue weighted by Gasteiger charge is 2.17. The van der Waals surface area contributed by atoms with Crippen LogP contribution in [0.15, 0.2) is 30.3 Å². The van der Waals surface area contributed by atoms with Gasteiger partial charge in [-0.15, -0.1) is 0 Å². The highest BCUT2D eigenvalue weighted by molar-refractivity contribution is 5.16. The Balaban J connectivity index is 1.77. The van der Waals surface area contributed by atoms with Gasteiger partial charge >= 0.3 is 0 Å². The van der Waals surface area contributed by atoms with Crippen LogP contribution < -0.4 is 5.32 Å². The topological polar surface area (TPSA) is 24.5 Å². The quantitative estimate of drug-likeness (QED) is 0.774. The second-order valence-electron chi connectivity index (χ2n) is 5.61. The van der Waals surface area contributed by atoms with Crippen molar-refractivity contribution in [3.05, 3.63) is 35.9 Å². The van der Waals surface area contributed by atoms with Crippen LogP contribution in [0.2, 0.25) is 0 Å². The molecule has 1 aromatic carbocycles. The summed E-state index contributed by atoms with van der Waals surface area (Å²) in [6.07, 6.45) is 3.46. The van der Waals surface area contributed by atoms with Gasteiger partial charge in [-0.3, -0.25) is 4.90 Å². The van der Waals surface area contributed by atoms with Crippen molar-refractivity contribution in [2.45, 2.75) is 32.2 Å². The van der Waals surface area contributed by atoms with E-state index in [1.807, 2.05) is 0 Å². The van der Waals surface area contributed by atoms with Gasteiger partial charge in [-0.05, 0) is 37.9 Å². The van der Waals surface area contributed by atoms with Crippen LogP contribution in [0.4, 0.5) is 0 Å². The van der Waals surface area contributed by atoms with E-state index in [9.17, 15) is 0 Å².